The molecule has 3 heteroatoms. The van der Waals surface area contributed by atoms with Gasteiger partial charge >= 0.3 is 0 Å². The molecule has 1 N–H and O–H groups in total. The maximum absolute atomic E-state index is 5.43. The third-order valence-electron chi connectivity index (χ3n) is 3.53. The molecule has 0 aromatic carbocycles. The van der Waals surface area contributed by atoms with Gasteiger partial charge in [0.1, 0.15) is 0 Å². The van der Waals surface area contributed by atoms with E-state index in [9.17, 15) is 0 Å². The first-order valence-corrected chi connectivity index (χ1v) is 6.64. The summed E-state index contributed by atoms with van der Waals surface area (Å²) >= 11 is 0. The molecule has 0 radical (unpaired) electrons. The number of nitrogens with zero attached hydrogens (tertiary/aromatic N) is 1. The van der Waals surface area contributed by atoms with Gasteiger partial charge in [0.25, 0.3) is 0 Å². The fourth-order valence-electron chi connectivity index (χ4n) is 2.20. The first-order valence-electron chi connectivity index (χ1n) is 6.64. The normalized spacial score (nSPS) is 23.2. The van der Waals surface area contributed by atoms with Crippen molar-refractivity contribution in [3.63, 3.8) is 0 Å². The van der Waals surface area contributed by atoms with Gasteiger partial charge in [0, 0.05) is 24.7 Å². The zero-order valence-electron chi connectivity index (χ0n) is 11.3. The summed E-state index contributed by atoms with van der Waals surface area (Å²) in [5, 5.41) is 3.47. The van der Waals surface area contributed by atoms with Crippen LogP contribution in [0.5, 0.6) is 0 Å². The molecule has 1 fully saturated rings. The van der Waals surface area contributed by atoms with Gasteiger partial charge in [-0.05, 0) is 39.8 Å². The average Bonchev–Trinajstić information content (AvgIpc) is 2.76. The number of hydrogen-bond acceptors (Lipinski definition) is 3. The summed E-state index contributed by atoms with van der Waals surface area (Å²) in [7, 11) is 2.24. The summed E-state index contributed by atoms with van der Waals surface area (Å²) in [6, 6.07) is 1.92. The van der Waals surface area contributed by atoms with Crippen LogP contribution in [0.15, 0.2) is 0 Å². The third kappa shape index (κ3) is 4.81. The Morgan fingerprint density at radius 1 is 1.38 bits per heavy atom. The highest BCUT2D eigenvalue weighted by Gasteiger charge is 2.23. The second kappa shape index (κ2) is 7.25. The van der Waals surface area contributed by atoms with Gasteiger partial charge in [0.15, 0.2) is 0 Å². The molecule has 2 unspecified atom stereocenters. The van der Waals surface area contributed by atoms with Gasteiger partial charge in [0.2, 0.25) is 0 Å². The van der Waals surface area contributed by atoms with Gasteiger partial charge in [-0.25, -0.2) is 0 Å². The second-order valence-corrected chi connectivity index (χ2v) is 5.28. The SMILES string of the molecule is CC(C)NCCCC(C)N(C)C1CCOC1. The molecule has 0 amide bonds. The summed E-state index contributed by atoms with van der Waals surface area (Å²) in [6.45, 7) is 9.73. The van der Waals surface area contributed by atoms with E-state index in [1.54, 1.807) is 0 Å². The van der Waals surface area contributed by atoms with Crippen LogP contribution in [0.25, 0.3) is 0 Å². The van der Waals surface area contributed by atoms with E-state index in [1.165, 1.54) is 19.3 Å². The van der Waals surface area contributed by atoms with E-state index in [2.05, 4.69) is 38.0 Å². The quantitative estimate of drug-likeness (QED) is 0.673. The second-order valence-electron chi connectivity index (χ2n) is 5.28. The number of ether oxygens (including phenoxy) is 1. The van der Waals surface area contributed by atoms with Crippen LogP contribution in [0, 0.1) is 0 Å². The molecular weight excluding hydrogens is 200 g/mol. The van der Waals surface area contributed by atoms with E-state index in [0.717, 1.165) is 19.8 Å². The molecule has 0 aromatic rings. The number of hydrogen-bond donors (Lipinski definition) is 1. The molecule has 96 valence electrons. The Hall–Kier alpha value is -0.120. The van der Waals surface area contributed by atoms with Crippen molar-refractivity contribution in [2.75, 3.05) is 26.8 Å². The lowest BCUT2D eigenvalue weighted by Crippen LogP contribution is -2.39. The minimum atomic E-state index is 0.608. The predicted octanol–water partition coefficient (Wildman–Crippen LogP) is 1.87. The molecule has 0 aromatic heterocycles. The van der Waals surface area contributed by atoms with E-state index in [-0.39, 0.29) is 0 Å². The minimum absolute atomic E-state index is 0.608. The molecule has 0 spiro atoms. The first-order chi connectivity index (χ1) is 7.61. The van der Waals surface area contributed by atoms with Crippen molar-refractivity contribution < 1.29 is 4.74 Å². The van der Waals surface area contributed by atoms with E-state index in [0.29, 0.717) is 18.1 Å². The molecule has 0 aliphatic carbocycles. The highest BCUT2D eigenvalue weighted by Crippen LogP contribution is 2.15. The minimum Gasteiger partial charge on any atom is -0.380 e. The Kier molecular flexibility index (Phi) is 6.32. The van der Waals surface area contributed by atoms with Gasteiger partial charge in [-0.15, -0.1) is 0 Å². The van der Waals surface area contributed by atoms with E-state index in [1.807, 2.05) is 0 Å². The largest absolute Gasteiger partial charge is 0.380 e. The van der Waals surface area contributed by atoms with Crippen molar-refractivity contribution in [3.05, 3.63) is 0 Å². The number of rotatable bonds is 7. The van der Waals surface area contributed by atoms with Crippen LogP contribution in [0.4, 0.5) is 0 Å². The Morgan fingerprint density at radius 2 is 2.12 bits per heavy atom. The Bertz CT molecular complexity index is 179. The zero-order chi connectivity index (χ0) is 12.0. The standard InChI is InChI=1S/C13H28N2O/c1-11(2)14-8-5-6-12(3)15(4)13-7-9-16-10-13/h11-14H,5-10H2,1-4H3. The summed E-state index contributed by atoms with van der Waals surface area (Å²) in [4.78, 5) is 2.49. The molecular formula is C13H28N2O. The smallest absolute Gasteiger partial charge is 0.0622 e. The van der Waals surface area contributed by atoms with Gasteiger partial charge in [-0.1, -0.05) is 13.8 Å². The van der Waals surface area contributed by atoms with Crippen LogP contribution in [0.2, 0.25) is 0 Å². The van der Waals surface area contributed by atoms with Gasteiger partial charge in [-0.2, -0.15) is 0 Å². The Morgan fingerprint density at radius 3 is 2.69 bits per heavy atom. The maximum atomic E-state index is 5.43. The predicted molar refractivity (Wildman–Crippen MR) is 68.8 cm³/mol. The van der Waals surface area contributed by atoms with Gasteiger partial charge < -0.3 is 10.1 Å². The Labute approximate surface area is 101 Å². The first kappa shape index (κ1) is 13.9. The van der Waals surface area contributed by atoms with Crippen LogP contribution in [-0.4, -0.2) is 49.8 Å². The topological polar surface area (TPSA) is 24.5 Å². The van der Waals surface area contributed by atoms with Crippen molar-refractivity contribution in [2.24, 2.45) is 0 Å². The lowest BCUT2D eigenvalue weighted by atomic mass is 10.1. The van der Waals surface area contributed by atoms with Gasteiger partial charge in [0.05, 0.1) is 6.61 Å². The summed E-state index contributed by atoms with van der Waals surface area (Å²) in [5.74, 6) is 0. The molecule has 3 nitrogen and oxygen atoms in total. The molecule has 1 saturated heterocycles. The molecule has 0 bridgehead atoms. The highest BCUT2D eigenvalue weighted by atomic mass is 16.5. The molecule has 2 atom stereocenters. The van der Waals surface area contributed by atoms with E-state index >= 15 is 0 Å². The van der Waals surface area contributed by atoms with Crippen LogP contribution >= 0.6 is 0 Å². The maximum Gasteiger partial charge on any atom is 0.0622 e. The molecule has 1 aliphatic heterocycles. The van der Waals surface area contributed by atoms with Crippen LogP contribution in [0.3, 0.4) is 0 Å². The third-order valence-corrected chi connectivity index (χ3v) is 3.53. The van der Waals surface area contributed by atoms with Crippen molar-refractivity contribution in [1.82, 2.24) is 10.2 Å². The summed E-state index contributed by atoms with van der Waals surface area (Å²) in [6.07, 6.45) is 3.73. The van der Waals surface area contributed by atoms with Crippen LogP contribution in [0.1, 0.15) is 40.0 Å². The zero-order valence-corrected chi connectivity index (χ0v) is 11.3. The van der Waals surface area contributed by atoms with Crippen LogP contribution in [-0.2, 0) is 4.74 Å². The van der Waals surface area contributed by atoms with Crippen molar-refractivity contribution in [3.8, 4) is 0 Å². The van der Waals surface area contributed by atoms with Crippen LogP contribution < -0.4 is 5.32 Å². The lowest BCUT2D eigenvalue weighted by molar-refractivity contribution is 0.133. The highest BCUT2D eigenvalue weighted by molar-refractivity contribution is 4.77. The number of nitrogens with one attached hydrogen (secondary N) is 1. The van der Waals surface area contributed by atoms with Crippen molar-refractivity contribution in [2.45, 2.75) is 58.2 Å². The summed E-state index contributed by atoms with van der Waals surface area (Å²) in [5.41, 5.74) is 0. The van der Waals surface area contributed by atoms with Crippen molar-refractivity contribution in [1.29, 1.82) is 0 Å². The number of likely N-dealkylation sites (N-methyl/N-ethyl adjacent to an activating group) is 1. The molecule has 1 heterocycles. The summed E-state index contributed by atoms with van der Waals surface area (Å²) < 4.78 is 5.43. The molecule has 1 rings (SSSR count). The molecule has 16 heavy (non-hydrogen) atoms. The van der Waals surface area contributed by atoms with Crippen molar-refractivity contribution >= 4 is 0 Å². The van der Waals surface area contributed by atoms with Gasteiger partial charge in [-0.3, -0.25) is 4.90 Å². The van der Waals surface area contributed by atoms with E-state index < -0.39 is 0 Å². The fourth-order valence-corrected chi connectivity index (χ4v) is 2.20. The molecule has 1 aliphatic rings. The lowest BCUT2D eigenvalue weighted by Gasteiger charge is -2.29. The Balaban J connectivity index is 2.10. The molecule has 0 saturated carbocycles. The monoisotopic (exact) mass is 228 g/mol. The fraction of sp³-hybridized carbons (Fsp3) is 1.00. The average molecular weight is 228 g/mol. The van der Waals surface area contributed by atoms with E-state index in [4.69, 9.17) is 4.74 Å².